The van der Waals surface area contributed by atoms with Crippen LogP contribution < -0.4 is 5.32 Å². The van der Waals surface area contributed by atoms with Gasteiger partial charge in [0.15, 0.2) is 0 Å². The first-order chi connectivity index (χ1) is 10.9. The lowest BCUT2D eigenvalue weighted by molar-refractivity contribution is -0.118. The van der Waals surface area contributed by atoms with E-state index in [1.54, 1.807) is 0 Å². The van der Waals surface area contributed by atoms with Gasteiger partial charge in [-0.15, -0.1) is 0 Å². The molecule has 1 aliphatic rings. The van der Waals surface area contributed by atoms with E-state index < -0.39 is 0 Å². The molecule has 2 rings (SSSR count). The van der Waals surface area contributed by atoms with Gasteiger partial charge in [0.05, 0.1) is 29.7 Å². The molecular weight excluding hydrogens is 294 g/mol. The maximum absolute atomic E-state index is 12.3. The summed E-state index contributed by atoms with van der Waals surface area (Å²) in [5, 5.41) is 19.5. The van der Waals surface area contributed by atoms with Gasteiger partial charge in [0.25, 0.3) is 0 Å². The van der Waals surface area contributed by atoms with Gasteiger partial charge in [-0.1, -0.05) is 6.92 Å². The average molecular weight is 323 g/mol. The predicted octanol–water partition coefficient (Wildman–Crippen LogP) is 0.742. The highest BCUT2D eigenvalue weighted by Gasteiger charge is 2.27. The Labute approximate surface area is 138 Å². The summed E-state index contributed by atoms with van der Waals surface area (Å²) in [5.41, 5.74) is 2.47. The molecular formula is C16H29N5O2. The molecule has 1 aromatic heterocycles. The smallest absolute Gasteiger partial charge is 0.238 e. The van der Waals surface area contributed by atoms with E-state index in [1.165, 1.54) is 0 Å². The van der Waals surface area contributed by atoms with Crippen molar-refractivity contribution >= 4 is 11.6 Å². The van der Waals surface area contributed by atoms with Crippen molar-refractivity contribution in [2.45, 2.75) is 46.3 Å². The monoisotopic (exact) mass is 323 g/mol. The van der Waals surface area contributed by atoms with Gasteiger partial charge in [-0.25, -0.2) is 0 Å². The van der Waals surface area contributed by atoms with Crippen LogP contribution in [0.3, 0.4) is 0 Å². The van der Waals surface area contributed by atoms with Crippen LogP contribution in [0.5, 0.6) is 0 Å². The van der Waals surface area contributed by atoms with Crippen molar-refractivity contribution in [2.75, 3.05) is 38.0 Å². The molecule has 7 nitrogen and oxygen atoms in total. The van der Waals surface area contributed by atoms with Crippen LogP contribution in [0.2, 0.25) is 0 Å². The zero-order chi connectivity index (χ0) is 17.0. The van der Waals surface area contributed by atoms with E-state index >= 15 is 0 Å². The first kappa shape index (κ1) is 17.9. The van der Waals surface area contributed by atoms with Gasteiger partial charge in [-0.2, -0.15) is 5.10 Å². The molecule has 2 heterocycles. The standard InChI is InChI=1S/C16H29N5O2/c1-5-14-9-20(6-7-21(14)8-11(2)22)10-15(23)17-16-12(3)18-19-13(16)4/h11,14,22H,5-10H2,1-4H3,(H,17,23)(H,18,19)/t11-,14-/m1/s1. The molecule has 3 N–H and O–H groups in total. The Morgan fingerprint density at radius 3 is 2.78 bits per heavy atom. The van der Waals surface area contributed by atoms with Crippen LogP contribution in [0.4, 0.5) is 5.69 Å². The fraction of sp³-hybridized carbons (Fsp3) is 0.750. The lowest BCUT2D eigenvalue weighted by Gasteiger charge is -2.41. The molecule has 0 saturated carbocycles. The number of carbonyl (C=O) groups excluding carboxylic acids is 1. The van der Waals surface area contributed by atoms with E-state index in [0.29, 0.717) is 19.1 Å². The number of aryl methyl sites for hydroxylation is 2. The van der Waals surface area contributed by atoms with Gasteiger partial charge in [0, 0.05) is 32.2 Å². The minimum Gasteiger partial charge on any atom is -0.392 e. The second kappa shape index (κ2) is 7.90. The molecule has 23 heavy (non-hydrogen) atoms. The van der Waals surface area contributed by atoms with Gasteiger partial charge < -0.3 is 10.4 Å². The number of nitrogens with one attached hydrogen (secondary N) is 2. The highest BCUT2D eigenvalue weighted by Crippen LogP contribution is 2.17. The number of piperazine rings is 1. The molecule has 130 valence electrons. The number of hydrogen-bond donors (Lipinski definition) is 3. The molecule has 1 aromatic rings. The highest BCUT2D eigenvalue weighted by molar-refractivity contribution is 5.93. The van der Waals surface area contributed by atoms with Crippen molar-refractivity contribution in [3.63, 3.8) is 0 Å². The normalized spacial score (nSPS) is 21.3. The predicted molar refractivity (Wildman–Crippen MR) is 90.5 cm³/mol. The summed E-state index contributed by atoms with van der Waals surface area (Å²) >= 11 is 0. The summed E-state index contributed by atoms with van der Waals surface area (Å²) in [5.74, 6) is -0.00331. The molecule has 1 saturated heterocycles. The molecule has 7 heteroatoms. The van der Waals surface area contributed by atoms with Gasteiger partial charge >= 0.3 is 0 Å². The van der Waals surface area contributed by atoms with E-state index in [2.05, 4.69) is 32.2 Å². The summed E-state index contributed by atoms with van der Waals surface area (Å²) in [6, 6.07) is 0.392. The number of β-amino-alcohol motifs (C(OH)–C–C–N with tert-alkyl or cyclic N) is 1. The van der Waals surface area contributed by atoms with Crippen molar-refractivity contribution in [2.24, 2.45) is 0 Å². The third-order valence-electron chi connectivity index (χ3n) is 4.42. The maximum atomic E-state index is 12.3. The van der Waals surface area contributed by atoms with Crippen molar-refractivity contribution in [3.8, 4) is 0 Å². The van der Waals surface area contributed by atoms with Crippen molar-refractivity contribution in [3.05, 3.63) is 11.4 Å². The fourth-order valence-electron chi connectivity index (χ4n) is 3.18. The van der Waals surface area contributed by atoms with Crippen LogP contribution in [0.1, 0.15) is 31.7 Å². The SMILES string of the molecule is CC[C@@H]1CN(CC(=O)Nc2c(C)n[nH]c2C)CCN1C[C@@H](C)O. The number of aliphatic hydroxyl groups excluding tert-OH is 1. The van der Waals surface area contributed by atoms with Crippen molar-refractivity contribution < 1.29 is 9.90 Å². The zero-order valence-electron chi connectivity index (χ0n) is 14.6. The number of amides is 1. The van der Waals surface area contributed by atoms with E-state index in [1.807, 2.05) is 20.8 Å². The number of nitrogens with zero attached hydrogens (tertiary/aromatic N) is 3. The number of carbonyl (C=O) groups is 1. The molecule has 0 spiro atoms. The largest absolute Gasteiger partial charge is 0.392 e. The minimum absolute atomic E-state index is 0.00331. The summed E-state index contributed by atoms with van der Waals surface area (Å²) in [6.07, 6.45) is 0.705. The first-order valence-corrected chi connectivity index (χ1v) is 8.36. The van der Waals surface area contributed by atoms with E-state index in [-0.39, 0.29) is 12.0 Å². The van der Waals surface area contributed by atoms with Crippen LogP contribution in [-0.2, 0) is 4.79 Å². The van der Waals surface area contributed by atoms with Crippen LogP contribution in [0, 0.1) is 13.8 Å². The Morgan fingerprint density at radius 2 is 2.22 bits per heavy atom. The Hall–Kier alpha value is -1.44. The maximum Gasteiger partial charge on any atom is 0.238 e. The lowest BCUT2D eigenvalue weighted by atomic mass is 10.1. The van der Waals surface area contributed by atoms with Gasteiger partial charge in [-0.05, 0) is 27.2 Å². The van der Waals surface area contributed by atoms with Crippen molar-refractivity contribution in [1.82, 2.24) is 20.0 Å². The number of hydrogen-bond acceptors (Lipinski definition) is 5. The van der Waals surface area contributed by atoms with Gasteiger partial charge in [0.2, 0.25) is 5.91 Å². The summed E-state index contributed by atoms with van der Waals surface area (Å²) in [7, 11) is 0. The number of aromatic amines is 1. The van der Waals surface area contributed by atoms with Gasteiger partial charge in [-0.3, -0.25) is 19.7 Å². The Morgan fingerprint density at radius 1 is 1.48 bits per heavy atom. The first-order valence-electron chi connectivity index (χ1n) is 8.36. The highest BCUT2D eigenvalue weighted by atomic mass is 16.3. The number of anilines is 1. The summed E-state index contributed by atoms with van der Waals surface area (Å²) in [4.78, 5) is 16.8. The quantitative estimate of drug-likeness (QED) is 0.719. The molecule has 1 fully saturated rings. The molecule has 0 aromatic carbocycles. The Kier molecular flexibility index (Phi) is 6.15. The average Bonchev–Trinajstić information content (AvgIpc) is 2.80. The summed E-state index contributed by atoms with van der Waals surface area (Å²) in [6.45, 7) is 11.4. The molecule has 0 aliphatic carbocycles. The van der Waals surface area contributed by atoms with Crippen LogP contribution in [0.15, 0.2) is 0 Å². The molecule has 1 amide bonds. The Balaban J connectivity index is 1.87. The zero-order valence-corrected chi connectivity index (χ0v) is 14.6. The number of aliphatic hydroxyl groups is 1. The van der Waals surface area contributed by atoms with E-state index in [9.17, 15) is 9.90 Å². The Bertz CT molecular complexity index is 509. The molecule has 1 aliphatic heterocycles. The molecule has 0 bridgehead atoms. The lowest BCUT2D eigenvalue weighted by Crippen LogP contribution is -2.55. The fourth-order valence-corrected chi connectivity index (χ4v) is 3.18. The van der Waals surface area contributed by atoms with Crippen LogP contribution >= 0.6 is 0 Å². The van der Waals surface area contributed by atoms with Crippen molar-refractivity contribution in [1.29, 1.82) is 0 Å². The number of H-pyrrole nitrogens is 1. The number of rotatable bonds is 6. The van der Waals surface area contributed by atoms with Crippen LogP contribution in [0.25, 0.3) is 0 Å². The summed E-state index contributed by atoms with van der Waals surface area (Å²) < 4.78 is 0. The van der Waals surface area contributed by atoms with Crippen LogP contribution in [-0.4, -0.2) is 75.9 Å². The second-order valence-corrected chi connectivity index (χ2v) is 6.50. The number of aromatic nitrogens is 2. The van der Waals surface area contributed by atoms with E-state index in [4.69, 9.17) is 0 Å². The third kappa shape index (κ3) is 4.76. The molecule has 2 atom stereocenters. The van der Waals surface area contributed by atoms with Gasteiger partial charge in [0.1, 0.15) is 0 Å². The second-order valence-electron chi connectivity index (χ2n) is 6.50. The molecule has 0 radical (unpaired) electrons. The third-order valence-corrected chi connectivity index (χ3v) is 4.42. The minimum atomic E-state index is -0.314. The topological polar surface area (TPSA) is 84.5 Å². The van der Waals surface area contributed by atoms with E-state index in [0.717, 1.165) is 43.1 Å². The molecule has 0 unspecified atom stereocenters.